The number of nitrogens with zero attached hydrogens (tertiary/aromatic N) is 2. The van der Waals surface area contributed by atoms with Crippen molar-refractivity contribution in [2.24, 2.45) is 10.9 Å². The summed E-state index contributed by atoms with van der Waals surface area (Å²) in [4.78, 5) is 28.2. The molecule has 5 N–H and O–H groups in total. The molecule has 0 bridgehead atoms. The molecule has 64 valence electrons. The van der Waals surface area contributed by atoms with Crippen LogP contribution in [0.1, 0.15) is 5.82 Å². The quantitative estimate of drug-likeness (QED) is 0.161. The first-order valence-corrected chi connectivity index (χ1v) is 2.82. The SMILES string of the molecule is N/C(=N\O)c1nc(=O)[nH]c(=O)[nH]1. The van der Waals surface area contributed by atoms with Gasteiger partial charge in [-0.05, 0) is 0 Å². The van der Waals surface area contributed by atoms with Crippen LogP contribution in [0.5, 0.6) is 0 Å². The molecule has 1 aromatic heterocycles. The molecule has 0 aliphatic carbocycles. The maximum absolute atomic E-state index is 10.6. The average Bonchev–Trinajstić information content (AvgIpc) is 2.01. The van der Waals surface area contributed by atoms with E-state index in [0.717, 1.165) is 0 Å². The maximum Gasteiger partial charge on any atom is 0.351 e. The van der Waals surface area contributed by atoms with Gasteiger partial charge in [0.15, 0.2) is 5.82 Å². The second-order valence-corrected chi connectivity index (χ2v) is 1.83. The molecule has 1 heterocycles. The summed E-state index contributed by atoms with van der Waals surface area (Å²) in [5.41, 5.74) is 3.42. The van der Waals surface area contributed by atoms with Crippen LogP contribution < -0.4 is 17.1 Å². The monoisotopic (exact) mass is 171 g/mol. The Morgan fingerprint density at radius 2 is 2.17 bits per heavy atom. The zero-order chi connectivity index (χ0) is 9.14. The fourth-order valence-corrected chi connectivity index (χ4v) is 0.562. The molecule has 0 saturated carbocycles. The fraction of sp³-hybridized carbons (Fsp3) is 0. The lowest BCUT2D eigenvalue weighted by Gasteiger charge is -1.93. The summed E-state index contributed by atoms with van der Waals surface area (Å²) in [5.74, 6) is -0.704. The number of aromatic amines is 2. The molecule has 0 unspecified atom stereocenters. The number of nitrogens with two attached hydrogens (primary N) is 1. The zero-order valence-electron chi connectivity index (χ0n) is 5.74. The molecular weight excluding hydrogens is 166 g/mol. The minimum absolute atomic E-state index is 0.272. The van der Waals surface area contributed by atoms with E-state index in [1.165, 1.54) is 0 Å². The van der Waals surface area contributed by atoms with Gasteiger partial charge in [-0.1, -0.05) is 5.16 Å². The molecule has 8 nitrogen and oxygen atoms in total. The Balaban J connectivity index is 3.37. The number of hydrogen-bond donors (Lipinski definition) is 4. The van der Waals surface area contributed by atoms with Gasteiger partial charge in [-0.25, -0.2) is 9.59 Å². The highest BCUT2D eigenvalue weighted by molar-refractivity contribution is 5.93. The number of hydrogen-bond acceptors (Lipinski definition) is 5. The number of oxime groups is 1. The summed E-state index contributed by atoms with van der Waals surface area (Å²) in [6, 6.07) is 0. The van der Waals surface area contributed by atoms with Crippen LogP contribution in [0.15, 0.2) is 14.7 Å². The molecule has 12 heavy (non-hydrogen) atoms. The van der Waals surface area contributed by atoms with Crippen LogP contribution in [-0.4, -0.2) is 26.0 Å². The highest BCUT2D eigenvalue weighted by Gasteiger charge is 2.02. The third-order valence-corrected chi connectivity index (χ3v) is 1.02. The average molecular weight is 171 g/mol. The summed E-state index contributed by atoms with van der Waals surface area (Å²) in [5, 5.41) is 10.7. The third kappa shape index (κ3) is 1.48. The Morgan fingerprint density at radius 3 is 2.67 bits per heavy atom. The van der Waals surface area contributed by atoms with Crippen molar-refractivity contribution in [2.75, 3.05) is 0 Å². The van der Waals surface area contributed by atoms with E-state index < -0.39 is 17.2 Å². The second kappa shape index (κ2) is 2.86. The van der Waals surface area contributed by atoms with E-state index in [2.05, 4.69) is 15.1 Å². The first kappa shape index (κ1) is 7.98. The molecular formula is C4H5N5O3. The van der Waals surface area contributed by atoms with Crippen LogP contribution in [0.25, 0.3) is 0 Å². The van der Waals surface area contributed by atoms with E-state index in [4.69, 9.17) is 10.9 Å². The standard InChI is InChI=1S/C4H5N5O3/c5-1(9-12)2-6-3(10)8-4(11)7-2/h12H,(H2,5,9)(H2,6,7,8,10,11). The van der Waals surface area contributed by atoms with Crippen molar-refractivity contribution in [1.82, 2.24) is 15.0 Å². The van der Waals surface area contributed by atoms with E-state index >= 15 is 0 Å². The van der Waals surface area contributed by atoms with Gasteiger partial charge in [0.25, 0.3) is 0 Å². The summed E-state index contributed by atoms with van der Waals surface area (Å²) in [7, 11) is 0. The van der Waals surface area contributed by atoms with Gasteiger partial charge in [0.1, 0.15) is 0 Å². The summed E-state index contributed by atoms with van der Waals surface area (Å²) in [6.45, 7) is 0. The molecule has 0 radical (unpaired) electrons. The van der Waals surface area contributed by atoms with Crippen LogP contribution in [0.2, 0.25) is 0 Å². The van der Waals surface area contributed by atoms with E-state index in [1.807, 2.05) is 4.98 Å². The van der Waals surface area contributed by atoms with Crippen LogP contribution in [-0.2, 0) is 0 Å². The predicted octanol–water partition coefficient (Wildman–Crippen LogP) is -2.45. The first-order valence-electron chi connectivity index (χ1n) is 2.82. The smallest absolute Gasteiger partial charge is 0.351 e. The number of rotatable bonds is 1. The van der Waals surface area contributed by atoms with Gasteiger partial charge in [-0.3, -0.25) is 9.97 Å². The molecule has 0 aliphatic rings. The van der Waals surface area contributed by atoms with Crippen molar-refractivity contribution in [3.63, 3.8) is 0 Å². The molecule has 8 heteroatoms. The molecule has 1 rings (SSSR count). The zero-order valence-corrected chi connectivity index (χ0v) is 5.74. The lowest BCUT2D eigenvalue weighted by atomic mass is 10.6. The predicted molar refractivity (Wildman–Crippen MR) is 38.0 cm³/mol. The topological polar surface area (TPSA) is 137 Å². The number of nitrogens with one attached hydrogen (secondary N) is 2. The molecule has 0 aliphatic heterocycles. The molecule has 1 aromatic rings. The summed E-state index contributed by atoms with van der Waals surface area (Å²) in [6.07, 6.45) is 0. The number of amidine groups is 1. The molecule has 0 spiro atoms. The normalized spacial score (nSPS) is 11.5. The van der Waals surface area contributed by atoms with Gasteiger partial charge < -0.3 is 10.9 Å². The first-order chi connectivity index (χ1) is 5.63. The van der Waals surface area contributed by atoms with Crippen molar-refractivity contribution in [3.05, 3.63) is 26.8 Å². The minimum atomic E-state index is -0.861. The summed E-state index contributed by atoms with van der Waals surface area (Å²) >= 11 is 0. The van der Waals surface area contributed by atoms with Gasteiger partial charge in [0.2, 0.25) is 5.84 Å². The van der Waals surface area contributed by atoms with Crippen molar-refractivity contribution < 1.29 is 5.21 Å². The lowest BCUT2D eigenvalue weighted by molar-refractivity contribution is 0.318. The number of aromatic nitrogens is 3. The van der Waals surface area contributed by atoms with Crippen LogP contribution in [0.3, 0.4) is 0 Å². The molecule has 0 aromatic carbocycles. The summed E-state index contributed by atoms with van der Waals surface area (Å²) < 4.78 is 0. The van der Waals surface area contributed by atoms with Gasteiger partial charge in [0, 0.05) is 0 Å². The van der Waals surface area contributed by atoms with E-state index in [0.29, 0.717) is 0 Å². The van der Waals surface area contributed by atoms with Crippen LogP contribution in [0.4, 0.5) is 0 Å². The van der Waals surface area contributed by atoms with Gasteiger partial charge in [0.05, 0.1) is 0 Å². The highest BCUT2D eigenvalue weighted by Crippen LogP contribution is 1.76. The largest absolute Gasteiger partial charge is 0.409 e. The van der Waals surface area contributed by atoms with Crippen LogP contribution in [0, 0.1) is 0 Å². The second-order valence-electron chi connectivity index (χ2n) is 1.83. The molecule has 0 amide bonds. The van der Waals surface area contributed by atoms with Gasteiger partial charge in [-0.2, -0.15) is 4.98 Å². The highest BCUT2D eigenvalue weighted by atomic mass is 16.4. The third-order valence-electron chi connectivity index (χ3n) is 1.02. The van der Waals surface area contributed by atoms with Gasteiger partial charge >= 0.3 is 11.4 Å². The molecule has 0 fully saturated rings. The molecule has 0 saturated heterocycles. The van der Waals surface area contributed by atoms with Crippen molar-refractivity contribution in [1.29, 1.82) is 0 Å². The Bertz CT molecular complexity index is 387. The van der Waals surface area contributed by atoms with Crippen molar-refractivity contribution >= 4 is 5.84 Å². The Kier molecular flexibility index (Phi) is 1.90. The Morgan fingerprint density at radius 1 is 1.50 bits per heavy atom. The maximum atomic E-state index is 10.6. The van der Waals surface area contributed by atoms with Gasteiger partial charge in [-0.15, -0.1) is 0 Å². The fourth-order valence-electron chi connectivity index (χ4n) is 0.562. The lowest BCUT2D eigenvalue weighted by Crippen LogP contribution is -2.31. The Labute approximate surface area is 64.8 Å². The number of H-pyrrole nitrogens is 2. The van der Waals surface area contributed by atoms with E-state index in [1.54, 1.807) is 0 Å². The van der Waals surface area contributed by atoms with Crippen LogP contribution >= 0.6 is 0 Å². The van der Waals surface area contributed by atoms with E-state index in [9.17, 15) is 9.59 Å². The Hall–Kier alpha value is -2.12. The van der Waals surface area contributed by atoms with Crippen molar-refractivity contribution in [3.8, 4) is 0 Å². The van der Waals surface area contributed by atoms with E-state index in [-0.39, 0.29) is 5.82 Å². The minimum Gasteiger partial charge on any atom is -0.409 e. The molecule has 0 atom stereocenters. The van der Waals surface area contributed by atoms with Crippen molar-refractivity contribution in [2.45, 2.75) is 0 Å².